The fraction of sp³-hybridized carbons (Fsp3) is 0.111. The van der Waals surface area contributed by atoms with Crippen molar-refractivity contribution in [3.8, 4) is 5.75 Å². The van der Waals surface area contributed by atoms with Gasteiger partial charge in [0.15, 0.2) is 0 Å². The molecule has 0 aliphatic rings. The maximum atomic E-state index is 5.41. The summed E-state index contributed by atoms with van der Waals surface area (Å²) in [4.78, 5) is 0. The minimum Gasteiger partial charge on any atom is -0.497 e. The summed E-state index contributed by atoms with van der Waals surface area (Å²) in [5.41, 5.74) is 2.52. The molecule has 0 atom stereocenters. The van der Waals surface area contributed by atoms with E-state index in [2.05, 4.69) is 0 Å². The molecule has 0 bridgehead atoms. The summed E-state index contributed by atoms with van der Waals surface area (Å²) in [6.45, 7) is 0. The summed E-state index contributed by atoms with van der Waals surface area (Å²) in [7, 11) is 1.64. The van der Waals surface area contributed by atoms with E-state index >= 15 is 0 Å². The van der Waals surface area contributed by atoms with Crippen LogP contribution < -0.4 is 4.74 Å². The lowest BCUT2D eigenvalue weighted by Crippen LogP contribution is -1.81. The molecule has 0 aliphatic heterocycles. The molecule has 0 saturated heterocycles. The minimum absolute atomic E-state index is 0.845. The maximum absolute atomic E-state index is 5.41. The van der Waals surface area contributed by atoms with Crippen LogP contribution >= 0.6 is 11.6 Å². The smallest absolute Gasteiger partial charge is 0.119 e. The largest absolute Gasteiger partial charge is 0.497 e. The molecule has 0 aliphatic carbocycles. The fourth-order valence-corrected chi connectivity index (χ4v) is 0.963. The molecule has 0 aromatic heterocycles. The van der Waals surface area contributed by atoms with Crippen molar-refractivity contribution < 1.29 is 4.74 Å². The monoisotopic (exact) mass is 168 g/mol. The van der Waals surface area contributed by atoms with Gasteiger partial charge >= 0.3 is 0 Å². The van der Waals surface area contributed by atoms with E-state index in [1.807, 2.05) is 30.3 Å². The molecule has 0 radical (unpaired) electrons. The van der Waals surface area contributed by atoms with Gasteiger partial charge in [-0.2, -0.15) is 0 Å². The molecule has 0 amide bonds. The van der Waals surface area contributed by atoms with Crippen LogP contribution in [0.15, 0.2) is 29.8 Å². The maximum Gasteiger partial charge on any atom is 0.119 e. The Labute approximate surface area is 71.3 Å². The molecular formula is C9H9ClO. The van der Waals surface area contributed by atoms with Gasteiger partial charge < -0.3 is 4.74 Å². The molecule has 1 nitrogen and oxygen atoms in total. The first-order chi connectivity index (χ1) is 5.36. The van der Waals surface area contributed by atoms with Gasteiger partial charge in [-0.3, -0.25) is 0 Å². The van der Waals surface area contributed by atoms with Crippen molar-refractivity contribution in [2.45, 2.75) is 0 Å². The average Bonchev–Trinajstić information content (AvgIpc) is 2.06. The van der Waals surface area contributed by atoms with Gasteiger partial charge in [0.05, 0.1) is 7.11 Å². The minimum atomic E-state index is 0.845. The molecule has 1 aromatic rings. The average molecular weight is 169 g/mol. The second kappa shape index (κ2) is 4.04. The Morgan fingerprint density at radius 2 is 2.27 bits per heavy atom. The Hall–Kier alpha value is -0.950. The number of hydrogen-bond donors (Lipinski definition) is 0. The predicted octanol–water partition coefficient (Wildman–Crippen LogP) is 2.90. The first kappa shape index (κ1) is 8.15. The van der Waals surface area contributed by atoms with E-state index in [-0.39, 0.29) is 0 Å². The number of hydrogen-bond acceptors (Lipinski definition) is 1. The molecule has 1 rings (SSSR count). The summed E-state index contributed by atoms with van der Waals surface area (Å²) >= 11 is 5.41. The molecule has 0 spiro atoms. The van der Waals surface area contributed by atoms with Crippen LogP contribution in [-0.4, -0.2) is 7.11 Å². The zero-order valence-electron chi connectivity index (χ0n) is 6.25. The van der Waals surface area contributed by atoms with Crippen LogP contribution in [0.1, 0.15) is 5.56 Å². The highest BCUT2D eigenvalue weighted by Crippen LogP contribution is 2.13. The van der Waals surface area contributed by atoms with Crippen molar-refractivity contribution in [3.63, 3.8) is 0 Å². The predicted molar refractivity (Wildman–Crippen MR) is 47.9 cm³/mol. The molecule has 0 fully saturated rings. The van der Waals surface area contributed by atoms with E-state index in [0.29, 0.717) is 0 Å². The summed E-state index contributed by atoms with van der Waals surface area (Å²) in [6, 6.07) is 7.69. The lowest BCUT2D eigenvalue weighted by molar-refractivity contribution is 0.414. The van der Waals surface area contributed by atoms with Crippen LogP contribution in [0.2, 0.25) is 0 Å². The molecular weight excluding hydrogens is 160 g/mol. The third kappa shape index (κ3) is 2.28. The van der Waals surface area contributed by atoms with Gasteiger partial charge in [-0.1, -0.05) is 23.7 Å². The van der Waals surface area contributed by atoms with Gasteiger partial charge in [0.1, 0.15) is 5.75 Å². The van der Waals surface area contributed by atoms with E-state index in [9.17, 15) is 0 Å². The summed E-state index contributed by atoms with van der Waals surface area (Å²) in [5, 5.41) is 0. The topological polar surface area (TPSA) is 9.23 Å². The Morgan fingerprint density at radius 3 is 2.91 bits per heavy atom. The van der Waals surface area contributed by atoms with Crippen LogP contribution in [0.25, 0.3) is 6.08 Å². The van der Waals surface area contributed by atoms with Crippen LogP contribution in [0, 0.1) is 0 Å². The molecule has 0 saturated carbocycles. The number of halogens is 1. The van der Waals surface area contributed by atoms with Gasteiger partial charge in [-0.25, -0.2) is 0 Å². The summed E-state index contributed by atoms with van der Waals surface area (Å²) in [5.74, 6) is 0.845. The standard InChI is InChI=1S/C9H9ClO/c1-11-9-4-2-3-8(7-9)5-6-10/h2-7H,1H3. The van der Waals surface area contributed by atoms with Crippen LogP contribution in [0.4, 0.5) is 0 Å². The van der Waals surface area contributed by atoms with E-state index in [0.717, 1.165) is 11.3 Å². The SMILES string of the molecule is COc1cccc(C=CCl)c1. The molecule has 0 heterocycles. The normalized spacial score (nSPS) is 10.4. The molecule has 0 unspecified atom stereocenters. The molecule has 1 aromatic carbocycles. The van der Waals surface area contributed by atoms with Crippen LogP contribution in [0.3, 0.4) is 0 Å². The van der Waals surface area contributed by atoms with E-state index in [1.165, 1.54) is 5.54 Å². The number of ether oxygens (including phenoxy) is 1. The Bertz CT molecular complexity index is 255. The van der Waals surface area contributed by atoms with Gasteiger partial charge in [0.2, 0.25) is 0 Å². The zero-order chi connectivity index (χ0) is 8.10. The van der Waals surface area contributed by atoms with Crippen LogP contribution in [0.5, 0.6) is 5.75 Å². The lowest BCUT2D eigenvalue weighted by Gasteiger charge is -1.98. The van der Waals surface area contributed by atoms with Gasteiger partial charge in [-0.05, 0) is 23.8 Å². The van der Waals surface area contributed by atoms with Crippen molar-refractivity contribution >= 4 is 17.7 Å². The lowest BCUT2D eigenvalue weighted by atomic mass is 10.2. The molecule has 58 valence electrons. The quantitative estimate of drug-likeness (QED) is 0.660. The van der Waals surface area contributed by atoms with E-state index in [1.54, 1.807) is 7.11 Å². The van der Waals surface area contributed by atoms with Crippen molar-refractivity contribution in [2.75, 3.05) is 7.11 Å². The zero-order valence-corrected chi connectivity index (χ0v) is 7.01. The Morgan fingerprint density at radius 1 is 1.45 bits per heavy atom. The first-order valence-electron chi connectivity index (χ1n) is 3.27. The Balaban J connectivity index is 2.91. The van der Waals surface area contributed by atoms with Crippen molar-refractivity contribution in [2.24, 2.45) is 0 Å². The van der Waals surface area contributed by atoms with E-state index in [4.69, 9.17) is 16.3 Å². The highest BCUT2D eigenvalue weighted by atomic mass is 35.5. The van der Waals surface area contributed by atoms with Crippen molar-refractivity contribution in [1.82, 2.24) is 0 Å². The highest BCUT2D eigenvalue weighted by Gasteiger charge is 1.89. The third-order valence-corrected chi connectivity index (χ3v) is 1.48. The van der Waals surface area contributed by atoms with Gasteiger partial charge in [0, 0.05) is 5.54 Å². The number of benzene rings is 1. The van der Waals surface area contributed by atoms with Crippen LogP contribution in [-0.2, 0) is 0 Å². The third-order valence-electron chi connectivity index (χ3n) is 1.35. The highest BCUT2D eigenvalue weighted by molar-refractivity contribution is 6.27. The first-order valence-corrected chi connectivity index (χ1v) is 3.71. The van der Waals surface area contributed by atoms with Crippen molar-refractivity contribution in [3.05, 3.63) is 35.4 Å². The molecule has 11 heavy (non-hydrogen) atoms. The van der Waals surface area contributed by atoms with Gasteiger partial charge in [-0.15, -0.1) is 0 Å². The van der Waals surface area contributed by atoms with Crippen molar-refractivity contribution in [1.29, 1.82) is 0 Å². The number of methoxy groups -OCH3 is 1. The molecule has 2 heteroatoms. The second-order valence-electron chi connectivity index (χ2n) is 2.07. The Kier molecular flexibility index (Phi) is 2.99. The van der Waals surface area contributed by atoms with Gasteiger partial charge in [0.25, 0.3) is 0 Å². The summed E-state index contributed by atoms with van der Waals surface area (Å²) < 4.78 is 5.02. The molecule has 0 N–H and O–H groups in total. The van der Waals surface area contributed by atoms with E-state index < -0.39 is 0 Å². The fourth-order valence-electron chi connectivity index (χ4n) is 0.818. The summed E-state index contributed by atoms with van der Waals surface area (Å²) in [6.07, 6.45) is 1.81. The second-order valence-corrected chi connectivity index (χ2v) is 2.32. The number of rotatable bonds is 2.